The fourth-order valence-electron chi connectivity index (χ4n) is 1.60. The number of benzene rings is 1. The van der Waals surface area contributed by atoms with E-state index in [0.29, 0.717) is 16.4 Å². The summed E-state index contributed by atoms with van der Waals surface area (Å²) in [6, 6.07) is 10.8. The molecule has 0 fully saturated rings. The maximum Gasteiger partial charge on any atom is 0.258 e. The van der Waals surface area contributed by atoms with Gasteiger partial charge in [-0.15, -0.1) is 0 Å². The third kappa shape index (κ3) is 2.87. The molecule has 0 saturated carbocycles. The molecule has 1 aromatic heterocycles. The normalized spacial score (nSPS) is 10.2. The second kappa shape index (κ2) is 5.19. The van der Waals surface area contributed by atoms with Gasteiger partial charge in [-0.05, 0) is 43.7 Å². The Morgan fingerprint density at radius 1 is 1.22 bits per heavy atom. The molecule has 18 heavy (non-hydrogen) atoms. The van der Waals surface area contributed by atoms with Crippen molar-refractivity contribution in [1.82, 2.24) is 4.98 Å². The summed E-state index contributed by atoms with van der Waals surface area (Å²) in [4.78, 5) is 16.2. The standard InChI is InChI=1S/C14H13ClN2O/c1-9-6-7-11(12(15)8-9)14(18)17-13-5-3-4-10(2)16-13/h3-8H,1-2H3,(H,16,17,18). The van der Waals surface area contributed by atoms with Crippen molar-refractivity contribution in [2.75, 3.05) is 5.32 Å². The first-order chi connectivity index (χ1) is 8.56. The highest BCUT2D eigenvalue weighted by molar-refractivity contribution is 6.34. The van der Waals surface area contributed by atoms with Crippen molar-refractivity contribution in [2.24, 2.45) is 0 Å². The lowest BCUT2D eigenvalue weighted by Gasteiger charge is -2.07. The molecule has 0 spiro atoms. The minimum Gasteiger partial charge on any atom is -0.307 e. The molecule has 3 nitrogen and oxygen atoms in total. The number of nitrogens with zero attached hydrogens (tertiary/aromatic N) is 1. The summed E-state index contributed by atoms with van der Waals surface area (Å²) >= 11 is 6.04. The van der Waals surface area contributed by atoms with E-state index in [4.69, 9.17) is 11.6 Å². The zero-order valence-corrected chi connectivity index (χ0v) is 11.0. The fraction of sp³-hybridized carbons (Fsp3) is 0.143. The molecule has 0 bridgehead atoms. The third-order valence-corrected chi connectivity index (χ3v) is 2.81. The van der Waals surface area contributed by atoms with E-state index in [1.165, 1.54) is 0 Å². The van der Waals surface area contributed by atoms with Crippen LogP contribution in [-0.2, 0) is 0 Å². The van der Waals surface area contributed by atoms with Crippen LogP contribution in [0.1, 0.15) is 21.6 Å². The van der Waals surface area contributed by atoms with Crippen LogP contribution in [0.2, 0.25) is 5.02 Å². The van der Waals surface area contributed by atoms with Crippen LogP contribution in [0.25, 0.3) is 0 Å². The van der Waals surface area contributed by atoms with Crippen molar-refractivity contribution < 1.29 is 4.79 Å². The SMILES string of the molecule is Cc1ccc(C(=O)Nc2cccc(C)n2)c(Cl)c1. The lowest BCUT2D eigenvalue weighted by molar-refractivity contribution is 0.102. The van der Waals surface area contributed by atoms with E-state index in [1.54, 1.807) is 18.2 Å². The second-order valence-electron chi connectivity index (χ2n) is 4.10. The van der Waals surface area contributed by atoms with Gasteiger partial charge in [0.15, 0.2) is 0 Å². The van der Waals surface area contributed by atoms with Crippen LogP contribution in [0.4, 0.5) is 5.82 Å². The number of amides is 1. The van der Waals surface area contributed by atoms with Crippen LogP contribution in [0.5, 0.6) is 0 Å². The highest BCUT2D eigenvalue weighted by Gasteiger charge is 2.10. The Balaban J connectivity index is 2.22. The number of hydrogen-bond donors (Lipinski definition) is 1. The van der Waals surface area contributed by atoms with Crippen molar-refractivity contribution >= 4 is 23.3 Å². The molecule has 0 aliphatic carbocycles. The Hall–Kier alpha value is -1.87. The Kier molecular flexibility index (Phi) is 3.63. The first-order valence-electron chi connectivity index (χ1n) is 5.57. The van der Waals surface area contributed by atoms with Crippen LogP contribution in [0.15, 0.2) is 36.4 Å². The monoisotopic (exact) mass is 260 g/mol. The van der Waals surface area contributed by atoms with E-state index in [1.807, 2.05) is 32.0 Å². The Bertz CT molecular complexity index is 596. The molecule has 92 valence electrons. The van der Waals surface area contributed by atoms with Crippen molar-refractivity contribution in [3.63, 3.8) is 0 Å². The summed E-state index contributed by atoms with van der Waals surface area (Å²) in [6.07, 6.45) is 0. The fourth-order valence-corrected chi connectivity index (χ4v) is 1.92. The average molecular weight is 261 g/mol. The van der Waals surface area contributed by atoms with Crippen molar-refractivity contribution in [1.29, 1.82) is 0 Å². The van der Waals surface area contributed by atoms with Gasteiger partial charge in [0, 0.05) is 5.69 Å². The molecule has 0 atom stereocenters. The largest absolute Gasteiger partial charge is 0.307 e. The molecular weight excluding hydrogens is 248 g/mol. The molecule has 4 heteroatoms. The Morgan fingerprint density at radius 2 is 2.00 bits per heavy atom. The molecule has 0 saturated heterocycles. The maximum atomic E-state index is 12.0. The first kappa shape index (κ1) is 12.6. The summed E-state index contributed by atoms with van der Waals surface area (Å²) in [7, 11) is 0. The lowest BCUT2D eigenvalue weighted by Crippen LogP contribution is -2.13. The van der Waals surface area contributed by atoms with E-state index in [9.17, 15) is 4.79 Å². The number of aromatic nitrogens is 1. The van der Waals surface area contributed by atoms with E-state index in [-0.39, 0.29) is 5.91 Å². The Labute approximate surface area is 111 Å². The number of carbonyl (C=O) groups excluding carboxylic acids is 1. The molecule has 1 amide bonds. The van der Waals surface area contributed by atoms with Gasteiger partial charge in [-0.25, -0.2) is 4.98 Å². The molecule has 1 N–H and O–H groups in total. The number of nitrogens with one attached hydrogen (secondary N) is 1. The number of carbonyl (C=O) groups is 1. The van der Waals surface area contributed by atoms with Gasteiger partial charge in [-0.2, -0.15) is 0 Å². The molecule has 0 radical (unpaired) electrons. The summed E-state index contributed by atoms with van der Waals surface area (Å²) in [5.74, 6) is 0.273. The molecule has 1 heterocycles. The van der Waals surface area contributed by atoms with Gasteiger partial charge in [0.1, 0.15) is 5.82 Å². The summed E-state index contributed by atoms with van der Waals surface area (Å²) in [6.45, 7) is 3.80. The zero-order valence-electron chi connectivity index (χ0n) is 10.2. The van der Waals surface area contributed by atoms with Gasteiger partial charge in [0.25, 0.3) is 5.91 Å². The second-order valence-corrected chi connectivity index (χ2v) is 4.51. The minimum atomic E-state index is -0.252. The molecular formula is C14H13ClN2O. The van der Waals surface area contributed by atoms with Crippen LogP contribution in [0.3, 0.4) is 0 Å². The number of hydrogen-bond acceptors (Lipinski definition) is 2. The average Bonchev–Trinajstić information content (AvgIpc) is 2.28. The third-order valence-electron chi connectivity index (χ3n) is 2.50. The summed E-state index contributed by atoms with van der Waals surface area (Å²) in [5.41, 5.74) is 2.32. The van der Waals surface area contributed by atoms with Crippen LogP contribution < -0.4 is 5.32 Å². The van der Waals surface area contributed by atoms with Gasteiger partial charge in [-0.1, -0.05) is 23.7 Å². The van der Waals surface area contributed by atoms with Crippen LogP contribution >= 0.6 is 11.6 Å². The predicted octanol–water partition coefficient (Wildman–Crippen LogP) is 3.60. The molecule has 1 aromatic carbocycles. The van der Waals surface area contributed by atoms with Gasteiger partial charge in [0.05, 0.1) is 10.6 Å². The van der Waals surface area contributed by atoms with E-state index in [0.717, 1.165) is 11.3 Å². The molecule has 0 aliphatic rings. The first-order valence-corrected chi connectivity index (χ1v) is 5.95. The zero-order chi connectivity index (χ0) is 13.1. The molecule has 0 aliphatic heterocycles. The van der Waals surface area contributed by atoms with Gasteiger partial charge in [0.2, 0.25) is 0 Å². The highest BCUT2D eigenvalue weighted by atomic mass is 35.5. The van der Waals surface area contributed by atoms with Crippen molar-refractivity contribution in [2.45, 2.75) is 13.8 Å². The number of halogens is 1. The van der Waals surface area contributed by atoms with Gasteiger partial charge >= 0.3 is 0 Å². The minimum absolute atomic E-state index is 0.252. The molecule has 0 unspecified atom stereocenters. The predicted molar refractivity (Wildman–Crippen MR) is 73.1 cm³/mol. The lowest BCUT2D eigenvalue weighted by atomic mass is 10.1. The van der Waals surface area contributed by atoms with E-state index < -0.39 is 0 Å². The topological polar surface area (TPSA) is 42.0 Å². The van der Waals surface area contributed by atoms with E-state index >= 15 is 0 Å². The van der Waals surface area contributed by atoms with E-state index in [2.05, 4.69) is 10.3 Å². The Morgan fingerprint density at radius 3 is 2.67 bits per heavy atom. The summed E-state index contributed by atoms with van der Waals surface area (Å²) in [5, 5.41) is 3.17. The molecule has 2 aromatic rings. The molecule has 2 rings (SSSR count). The quantitative estimate of drug-likeness (QED) is 0.896. The highest BCUT2D eigenvalue weighted by Crippen LogP contribution is 2.18. The number of pyridine rings is 1. The number of aryl methyl sites for hydroxylation is 2. The van der Waals surface area contributed by atoms with Crippen LogP contribution in [-0.4, -0.2) is 10.9 Å². The van der Waals surface area contributed by atoms with Gasteiger partial charge < -0.3 is 5.32 Å². The van der Waals surface area contributed by atoms with Crippen molar-refractivity contribution in [3.05, 3.63) is 58.2 Å². The van der Waals surface area contributed by atoms with Crippen molar-refractivity contribution in [3.8, 4) is 0 Å². The van der Waals surface area contributed by atoms with Gasteiger partial charge in [-0.3, -0.25) is 4.79 Å². The van der Waals surface area contributed by atoms with Crippen LogP contribution in [0, 0.1) is 13.8 Å². The number of anilines is 1. The summed E-state index contributed by atoms with van der Waals surface area (Å²) < 4.78 is 0. The number of rotatable bonds is 2. The smallest absolute Gasteiger partial charge is 0.258 e. The maximum absolute atomic E-state index is 12.0.